The Morgan fingerprint density at radius 3 is 2.47 bits per heavy atom. The van der Waals surface area contributed by atoms with E-state index in [-0.39, 0.29) is 16.0 Å². The fourth-order valence-electron chi connectivity index (χ4n) is 1.66. The fourth-order valence-corrected chi connectivity index (χ4v) is 1.88. The number of rotatable bonds is 1. The Bertz CT molecular complexity index is 654. The summed E-state index contributed by atoms with van der Waals surface area (Å²) in [6.45, 7) is 5.81. The largest absolute Gasteiger partial charge is 0.310 e. The van der Waals surface area contributed by atoms with Gasteiger partial charge in [0.05, 0.1) is 5.69 Å². The maximum atomic E-state index is 13.4. The minimum absolute atomic E-state index is 0.268. The van der Waals surface area contributed by atoms with Gasteiger partial charge in [0, 0.05) is 22.1 Å². The molecule has 0 saturated heterocycles. The van der Waals surface area contributed by atoms with Crippen molar-refractivity contribution >= 4 is 11.6 Å². The molecule has 3 nitrogen and oxygen atoms in total. The minimum atomic E-state index is -0.457. The molecule has 1 aromatic heterocycles. The van der Waals surface area contributed by atoms with Gasteiger partial charge in [-0.05, 0) is 18.2 Å². The fraction of sp³-hybridized carbons (Fsp3) is 0.286. The predicted molar refractivity (Wildman–Crippen MR) is 74.0 cm³/mol. The summed E-state index contributed by atoms with van der Waals surface area (Å²) in [7, 11) is 0. The first-order valence-electron chi connectivity index (χ1n) is 5.84. The van der Waals surface area contributed by atoms with Gasteiger partial charge in [-0.1, -0.05) is 32.4 Å². The third-order valence-corrected chi connectivity index (χ3v) is 2.83. The van der Waals surface area contributed by atoms with Gasteiger partial charge >= 0.3 is 0 Å². The number of aromatic amines is 1. The second-order valence-corrected chi connectivity index (χ2v) is 5.82. The van der Waals surface area contributed by atoms with E-state index in [1.807, 2.05) is 20.8 Å². The second kappa shape index (κ2) is 4.78. The van der Waals surface area contributed by atoms with Crippen molar-refractivity contribution in [1.82, 2.24) is 9.97 Å². The highest BCUT2D eigenvalue weighted by Gasteiger charge is 2.18. The van der Waals surface area contributed by atoms with Gasteiger partial charge in [-0.25, -0.2) is 9.37 Å². The molecule has 0 atom stereocenters. The average molecular weight is 281 g/mol. The van der Waals surface area contributed by atoms with Crippen molar-refractivity contribution in [2.45, 2.75) is 26.2 Å². The van der Waals surface area contributed by atoms with Crippen LogP contribution in [-0.4, -0.2) is 9.97 Å². The van der Waals surface area contributed by atoms with Crippen LogP contribution in [0.5, 0.6) is 0 Å². The first-order valence-corrected chi connectivity index (χ1v) is 6.22. The van der Waals surface area contributed by atoms with E-state index in [0.717, 1.165) is 0 Å². The van der Waals surface area contributed by atoms with Gasteiger partial charge in [-0.2, -0.15) is 0 Å². The third kappa shape index (κ3) is 3.20. The van der Waals surface area contributed by atoms with Crippen LogP contribution in [0.4, 0.5) is 4.39 Å². The van der Waals surface area contributed by atoms with E-state index in [4.69, 9.17) is 11.6 Å². The van der Waals surface area contributed by atoms with Crippen molar-refractivity contribution in [3.63, 3.8) is 0 Å². The Morgan fingerprint density at radius 1 is 1.21 bits per heavy atom. The second-order valence-electron chi connectivity index (χ2n) is 5.39. The highest BCUT2D eigenvalue weighted by atomic mass is 35.5. The van der Waals surface area contributed by atoms with E-state index in [1.54, 1.807) is 6.07 Å². The summed E-state index contributed by atoms with van der Waals surface area (Å²) >= 11 is 5.82. The van der Waals surface area contributed by atoms with E-state index in [2.05, 4.69) is 9.97 Å². The van der Waals surface area contributed by atoms with Crippen LogP contribution in [0.15, 0.2) is 29.1 Å². The molecule has 0 aliphatic carbocycles. The van der Waals surface area contributed by atoms with Crippen molar-refractivity contribution in [3.05, 3.63) is 51.3 Å². The maximum absolute atomic E-state index is 13.4. The predicted octanol–water partition coefficient (Wildman–Crippen LogP) is 3.53. The lowest BCUT2D eigenvalue weighted by atomic mass is 9.95. The molecule has 2 aromatic rings. The lowest BCUT2D eigenvalue weighted by Crippen LogP contribution is -2.21. The molecule has 0 aliphatic rings. The summed E-state index contributed by atoms with van der Waals surface area (Å²) in [6.07, 6.45) is 0. The van der Waals surface area contributed by atoms with Crippen LogP contribution in [0.25, 0.3) is 11.3 Å². The van der Waals surface area contributed by atoms with Crippen LogP contribution in [0.3, 0.4) is 0 Å². The molecule has 0 radical (unpaired) electrons. The Hall–Kier alpha value is -1.68. The Kier molecular flexibility index (Phi) is 3.45. The van der Waals surface area contributed by atoms with E-state index in [0.29, 0.717) is 17.1 Å². The van der Waals surface area contributed by atoms with Crippen LogP contribution in [0, 0.1) is 5.82 Å². The van der Waals surface area contributed by atoms with Gasteiger partial charge in [0.15, 0.2) is 0 Å². The molecule has 1 N–H and O–H groups in total. The number of aromatic nitrogens is 2. The molecule has 0 amide bonds. The summed E-state index contributed by atoms with van der Waals surface area (Å²) in [5, 5.41) is 0.273. The Labute approximate surface area is 115 Å². The third-order valence-electron chi connectivity index (χ3n) is 2.61. The SMILES string of the molecule is CC(C)(C)c1nc(-c2cc(F)cc(Cl)c2)cc(=O)[nH]1. The first-order chi connectivity index (χ1) is 8.75. The monoisotopic (exact) mass is 280 g/mol. The first kappa shape index (κ1) is 13.7. The van der Waals surface area contributed by atoms with Gasteiger partial charge in [-0.15, -0.1) is 0 Å². The van der Waals surface area contributed by atoms with E-state index < -0.39 is 5.82 Å². The molecule has 0 aliphatic heterocycles. The molecule has 0 unspecified atom stereocenters. The minimum Gasteiger partial charge on any atom is -0.310 e. The van der Waals surface area contributed by atoms with Crippen molar-refractivity contribution < 1.29 is 4.39 Å². The number of nitrogens with zero attached hydrogens (tertiary/aromatic N) is 1. The number of halogens is 2. The molecule has 0 saturated carbocycles. The summed E-state index contributed by atoms with van der Waals surface area (Å²) in [5.41, 5.74) is 0.332. The Balaban J connectivity index is 2.63. The van der Waals surface area contributed by atoms with Crippen LogP contribution >= 0.6 is 11.6 Å². The van der Waals surface area contributed by atoms with Gasteiger partial charge in [0.25, 0.3) is 5.56 Å². The molecule has 100 valence electrons. The summed E-state index contributed by atoms with van der Waals surface area (Å²) in [6, 6.07) is 5.43. The zero-order chi connectivity index (χ0) is 14.2. The van der Waals surface area contributed by atoms with E-state index >= 15 is 0 Å². The molecule has 5 heteroatoms. The van der Waals surface area contributed by atoms with E-state index in [1.165, 1.54) is 18.2 Å². The smallest absolute Gasteiger partial charge is 0.251 e. The number of nitrogens with one attached hydrogen (secondary N) is 1. The zero-order valence-corrected chi connectivity index (χ0v) is 11.7. The lowest BCUT2D eigenvalue weighted by Gasteiger charge is -2.17. The molecule has 19 heavy (non-hydrogen) atoms. The molecule has 1 heterocycles. The number of H-pyrrole nitrogens is 1. The van der Waals surface area contributed by atoms with Gasteiger partial charge in [0.2, 0.25) is 0 Å². The van der Waals surface area contributed by atoms with E-state index in [9.17, 15) is 9.18 Å². The number of hydrogen-bond acceptors (Lipinski definition) is 2. The topological polar surface area (TPSA) is 45.8 Å². The molecule has 0 spiro atoms. The highest BCUT2D eigenvalue weighted by Crippen LogP contribution is 2.24. The van der Waals surface area contributed by atoms with Crippen LogP contribution in [0.1, 0.15) is 26.6 Å². The molecular weight excluding hydrogens is 267 g/mol. The van der Waals surface area contributed by atoms with Gasteiger partial charge < -0.3 is 4.98 Å². The quantitative estimate of drug-likeness (QED) is 0.868. The number of hydrogen-bond donors (Lipinski definition) is 1. The van der Waals surface area contributed by atoms with Crippen molar-refractivity contribution in [2.75, 3.05) is 0 Å². The van der Waals surface area contributed by atoms with Crippen LogP contribution in [-0.2, 0) is 5.41 Å². The van der Waals surface area contributed by atoms with Gasteiger partial charge in [-0.3, -0.25) is 4.79 Å². The molecule has 1 aromatic carbocycles. The van der Waals surface area contributed by atoms with Crippen LogP contribution in [0.2, 0.25) is 5.02 Å². The van der Waals surface area contributed by atoms with Gasteiger partial charge in [0.1, 0.15) is 11.6 Å². The van der Waals surface area contributed by atoms with Crippen LogP contribution < -0.4 is 5.56 Å². The average Bonchev–Trinajstić information content (AvgIpc) is 2.25. The number of benzene rings is 1. The molecule has 0 fully saturated rings. The van der Waals surface area contributed by atoms with Crippen molar-refractivity contribution in [2.24, 2.45) is 0 Å². The maximum Gasteiger partial charge on any atom is 0.251 e. The molecular formula is C14H14ClFN2O. The van der Waals surface area contributed by atoms with Crippen molar-refractivity contribution in [1.29, 1.82) is 0 Å². The summed E-state index contributed by atoms with van der Waals surface area (Å²) in [4.78, 5) is 18.7. The summed E-state index contributed by atoms with van der Waals surface area (Å²) < 4.78 is 13.4. The summed E-state index contributed by atoms with van der Waals surface area (Å²) in [5.74, 6) is 0.0947. The zero-order valence-electron chi connectivity index (χ0n) is 10.9. The molecule has 2 rings (SSSR count). The highest BCUT2D eigenvalue weighted by molar-refractivity contribution is 6.30. The lowest BCUT2D eigenvalue weighted by molar-refractivity contribution is 0.543. The van der Waals surface area contributed by atoms with Crippen molar-refractivity contribution in [3.8, 4) is 11.3 Å². The molecule has 0 bridgehead atoms. The standard InChI is InChI=1S/C14H14ClFN2O/c1-14(2,3)13-17-11(7-12(19)18-13)8-4-9(15)6-10(16)5-8/h4-7H,1-3H3,(H,17,18,19). The Morgan fingerprint density at radius 2 is 1.89 bits per heavy atom. The normalized spacial score (nSPS) is 11.6.